The van der Waals surface area contributed by atoms with Gasteiger partial charge in [0.05, 0.1) is 5.52 Å². The van der Waals surface area contributed by atoms with Crippen molar-refractivity contribution in [3.8, 4) is 0 Å². The second kappa shape index (κ2) is 7.42. The van der Waals surface area contributed by atoms with E-state index in [1.54, 1.807) is 12.3 Å². The SMILES string of the molecule is Cl.O=C(Cn1ccc(=O)c2ccccc21)N1CCCNCC1. The number of benzene rings is 1. The molecule has 1 N–H and O–H groups in total. The fourth-order valence-corrected chi connectivity index (χ4v) is 2.74. The molecule has 6 heteroatoms. The van der Waals surface area contributed by atoms with E-state index in [1.165, 1.54) is 6.07 Å². The molecule has 1 aromatic heterocycles. The van der Waals surface area contributed by atoms with Gasteiger partial charge in [-0.15, -0.1) is 12.4 Å². The van der Waals surface area contributed by atoms with Gasteiger partial charge in [0, 0.05) is 37.3 Å². The molecule has 0 spiro atoms. The van der Waals surface area contributed by atoms with E-state index < -0.39 is 0 Å². The lowest BCUT2D eigenvalue weighted by Gasteiger charge is -2.21. The van der Waals surface area contributed by atoms with Gasteiger partial charge < -0.3 is 14.8 Å². The fourth-order valence-electron chi connectivity index (χ4n) is 2.74. The van der Waals surface area contributed by atoms with Crippen LogP contribution in [0.5, 0.6) is 0 Å². The van der Waals surface area contributed by atoms with Crippen LogP contribution in [0.3, 0.4) is 0 Å². The van der Waals surface area contributed by atoms with E-state index in [0.29, 0.717) is 5.39 Å². The summed E-state index contributed by atoms with van der Waals surface area (Å²) >= 11 is 0. The number of amides is 1. The highest BCUT2D eigenvalue weighted by Gasteiger charge is 2.16. The van der Waals surface area contributed by atoms with Crippen molar-refractivity contribution in [2.45, 2.75) is 13.0 Å². The highest BCUT2D eigenvalue weighted by molar-refractivity contribution is 5.85. The maximum Gasteiger partial charge on any atom is 0.242 e. The zero-order valence-electron chi connectivity index (χ0n) is 12.3. The molecule has 0 saturated carbocycles. The van der Waals surface area contributed by atoms with Crippen LogP contribution >= 0.6 is 12.4 Å². The second-order valence-corrected chi connectivity index (χ2v) is 5.31. The number of para-hydroxylation sites is 1. The number of rotatable bonds is 2. The van der Waals surface area contributed by atoms with E-state index >= 15 is 0 Å². The van der Waals surface area contributed by atoms with Gasteiger partial charge in [-0.25, -0.2) is 0 Å². The first-order chi connectivity index (χ1) is 10.3. The number of carbonyl (C=O) groups excluding carboxylic acids is 1. The number of halogens is 1. The first-order valence-electron chi connectivity index (χ1n) is 7.32. The van der Waals surface area contributed by atoms with Gasteiger partial charge in [0.1, 0.15) is 6.54 Å². The number of hydrogen-bond acceptors (Lipinski definition) is 3. The predicted octanol–water partition coefficient (Wildman–Crippen LogP) is 1.25. The highest BCUT2D eigenvalue weighted by Crippen LogP contribution is 2.10. The lowest BCUT2D eigenvalue weighted by Crippen LogP contribution is -2.36. The zero-order chi connectivity index (χ0) is 14.7. The molecule has 2 aromatic rings. The second-order valence-electron chi connectivity index (χ2n) is 5.31. The average molecular weight is 322 g/mol. The number of aromatic nitrogens is 1. The topological polar surface area (TPSA) is 54.3 Å². The first-order valence-corrected chi connectivity index (χ1v) is 7.32. The Morgan fingerprint density at radius 3 is 2.82 bits per heavy atom. The van der Waals surface area contributed by atoms with E-state index in [2.05, 4.69) is 5.32 Å². The van der Waals surface area contributed by atoms with Crippen LogP contribution in [0.4, 0.5) is 0 Å². The Kier molecular flexibility index (Phi) is 5.57. The van der Waals surface area contributed by atoms with Crippen molar-refractivity contribution in [2.24, 2.45) is 0 Å². The summed E-state index contributed by atoms with van der Waals surface area (Å²) in [5, 5.41) is 3.95. The molecule has 5 nitrogen and oxygen atoms in total. The predicted molar refractivity (Wildman–Crippen MR) is 89.5 cm³/mol. The normalized spacial score (nSPS) is 15.2. The van der Waals surface area contributed by atoms with Crippen LogP contribution in [0.15, 0.2) is 41.3 Å². The van der Waals surface area contributed by atoms with Gasteiger partial charge in [-0.1, -0.05) is 12.1 Å². The van der Waals surface area contributed by atoms with Crippen LogP contribution in [0.2, 0.25) is 0 Å². The zero-order valence-corrected chi connectivity index (χ0v) is 13.1. The molecule has 1 aliphatic rings. The van der Waals surface area contributed by atoms with Crippen molar-refractivity contribution in [3.05, 3.63) is 46.8 Å². The Labute approximate surface area is 135 Å². The van der Waals surface area contributed by atoms with Gasteiger partial charge in [-0.05, 0) is 25.1 Å². The minimum absolute atomic E-state index is 0. The smallest absolute Gasteiger partial charge is 0.242 e. The Bertz CT molecular complexity index is 706. The van der Waals surface area contributed by atoms with Crippen LogP contribution in [-0.2, 0) is 11.3 Å². The van der Waals surface area contributed by atoms with Crippen LogP contribution in [0.1, 0.15) is 6.42 Å². The van der Waals surface area contributed by atoms with Gasteiger partial charge in [0.2, 0.25) is 5.91 Å². The van der Waals surface area contributed by atoms with Crippen LogP contribution in [0, 0.1) is 0 Å². The molecule has 0 bridgehead atoms. The number of hydrogen-bond donors (Lipinski definition) is 1. The maximum absolute atomic E-state index is 12.4. The van der Waals surface area contributed by atoms with Crippen LogP contribution < -0.4 is 10.7 Å². The van der Waals surface area contributed by atoms with Crippen molar-refractivity contribution >= 4 is 29.2 Å². The minimum atomic E-state index is -0.00623. The molecule has 1 fully saturated rings. The van der Waals surface area contributed by atoms with E-state index in [-0.39, 0.29) is 30.3 Å². The summed E-state index contributed by atoms with van der Waals surface area (Å²) in [6.07, 6.45) is 2.69. The number of pyridine rings is 1. The van der Waals surface area contributed by atoms with E-state index in [0.717, 1.165) is 38.1 Å². The summed E-state index contributed by atoms with van der Waals surface area (Å²) in [5.74, 6) is 0.104. The Morgan fingerprint density at radius 2 is 1.95 bits per heavy atom. The van der Waals surface area contributed by atoms with Crippen molar-refractivity contribution in [1.29, 1.82) is 0 Å². The molecule has 1 amide bonds. The third-order valence-corrected chi connectivity index (χ3v) is 3.88. The molecular formula is C16H20ClN3O2. The summed E-state index contributed by atoms with van der Waals surface area (Å²) in [5.41, 5.74) is 0.805. The molecule has 0 radical (unpaired) electrons. The molecule has 0 unspecified atom stereocenters. The lowest BCUT2D eigenvalue weighted by atomic mass is 10.2. The Balaban J connectivity index is 0.00000176. The number of fused-ring (bicyclic) bond motifs is 1. The number of carbonyl (C=O) groups is 1. The molecule has 2 heterocycles. The first kappa shape index (κ1) is 16.5. The van der Waals surface area contributed by atoms with E-state index in [1.807, 2.05) is 27.7 Å². The molecule has 1 saturated heterocycles. The molecule has 1 aromatic carbocycles. The van der Waals surface area contributed by atoms with E-state index in [9.17, 15) is 9.59 Å². The largest absolute Gasteiger partial charge is 0.340 e. The third-order valence-electron chi connectivity index (χ3n) is 3.88. The minimum Gasteiger partial charge on any atom is -0.340 e. The quantitative estimate of drug-likeness (QED) is 0.905. The maximum atomic E-state index is 12.4. The van der Waals surface area contributed by atoms with Crippen LogP contribution in [-0.4, -0.2) is 41.6 Å². The molecule has 3 rings (SSSR count). The van der Waals surface area contributed by atoms with Crippen molar-refractivity contribution < 1.29 is 4.79 Å². The number of nitrogens with one attached hydrogen (secondary N) is 1. The molecule has 118 valence electrons. The van der Waals surface area contributed by atoms with Gasteiger partial charge in [-0.3, -0.25) is 9.59 Å². The molecule has 1 aliphatic heterocycles. The lowest BCUT2D eigenvalue weighted by molar-refractivity contribution is -0.131. The van der Waals surface area contributed by atoms with Crippen molar-refractivity contribution in [2.75, 3.05) is 26.2 Å². The number of nitrogens with zero attached hydrogens (tertiary/aromatic N) is 2. The molecule has 0 atom stereocenters. The monoisotopic (exact) mass is 321 g/mol. The summed E-state index contributed by atoms with van der Waals surface area (Å²) in [4.78, 5) is 26.2. The van der Waals surface area contributed by atoms with Crippen molar-refractivity contribution in [1.82, 2.24) is 14.8 Å². The average Bonchev–Trinajstić information content (AvgIpc) is 2.79. The summed E-state index contributed by atoms with van der Waals surface area (Å²) in [7, 11) is 0. The summed E-state index contributed by atoms with van der Waals surface area (Å²) < 4.78 is 1.86. The molecular weight excluding hydrogens is 302 g/mol. The van der Waals surface area contributed by atoms with Crippen molar-refractivity contribution in [3.63, 3.8) is 0 Å². The Hall–Kier alpha value is -1.85. The standard InChI is InChI=1S/C16H19N3O2.ClH/c20-15-6-10-19(14-5-2-1-4-13(14)15)12-16(21)18-9-3-7-17-8-11-18;/h1-2,4-6,10,17H,3,7-9,11-12H2;1H. The van der Waals surface area contributed by atoms with Gasteiger partial charge in [0.15, 0.2) is 5.43 Å². The Morgan fingerprint density at radius 1 is 1.14 bits per heavy atom. The van der Waals surface area contributed by atoms with Gasteiger partial charge in [-0.2, -0.15) is 0 Å². The van der Waals surface area contributed by atoms with Crippen LogP contribution in [0.25, 0.3) is 10.9 Å². The third kappa shape index (κ3) is 3.48. The summed E-state index contributed by atoms with van der Waals surface area (Å²) in [6, 6.07) is 8.94. The van der Waals surface area contributed by atoms with E-state index in [4.69, 9.17) is 0 Å². The molecule has 22 heavy (non-hydrogen) atoms. The van der Waals surface area contributed by atoms with Gasteiger partial charge in [0.25, 0.3) is 0 Å². The summed E-state index contributed by atoms with van der Waals surface area (Å²) in [6.45, 7) is 3.63. The molecule has 0 aliphatic carbocycles. The highest BCUT2D eigenvalue weighted by atomic mass is 35.5. The van der Waals surface area contributed by atoms with Gasteiger partial charge >= 0.3 is 0 Å². The fraction of sp³-hybridized carbons (Fsp3) is 0.375.